The number of aliphatic carboxylic acids is 2. The number of carboxylic acid groups (broad SMARTS) is 2. The standard InChI is InChI=1S/C21H33N7O8/c22-20(23)24-8-4-7-12-18(33)28(21(36)26-12)10-14(29)25-13(9-15(30)31)17(32)27-16(19(34)35)11-5-2-1-3-6-11/h11,13,16,33H,1-10H2,(H,25,29)(H,26,36)(H,27,32)(H,30,31)(H,34,35)(H4,22,23,24)/t13-,16-/m0/s1. The fraction of sp³-hybridized carbons (Fsp3) is 0.619. The minimum atomic E-state index is -1.59. The fourth-order valence-electron chi connectivity index (χ4n) is 4.17. The van der Waals surface area contributed by atoms with Crippen molar-refractivity contribution < 1.29 is 34.5 Å². The molecule has 1 aromatic heterocycles. The third-order valence-electron chi connectivity index (χ3n) is 5.93. The highest BCUT2D eigenvalue weighted by molar-refractivity contribution is 5.92. The Balaban J connectivity index is 2.07. The van der Waals surface area contributed by atoms with Gasteiger partial charge in [-0.05, 0) is 31.6 Å². The molecule has 0 radical (unpaired) electrons. The summed E-state index contributed by atoms with van der Waals surface area (Å²) in [4.78, 5) is 66.7. The molecule has 36 heavy (non-hydrogen) atoms. The summed E-state index contributed by atoms with van der Waals surface area (Å²) in [5, 5.41) is 33.6. The lowest BCUT2D eigenvalue weighted by molar-refractivity contribution is -0.145. The molecule has 1 aliphatic carbocycles. The van der Waals surface area contributed by atoms with Crippen molar-refractivity contribution in [2.75, 3.05) is 6.54 Å². The first-order valence-corrected chi connectivity index (χ1v) is 11.6. The van der Waals surface area contributed by atoms with Gasteiger partial charge in [-0.25, -0.2) is 9.59 Å². The number of carbonyl (C=O) groups excluding carboxylic acids is 2. The van der Waals surface area contributed by atoms with Gasteiger partial charge in [0.25, 0.3) is 0 Å². The first-order valence-electron chi connectivity index (χ1n) is 11.6. The number of aromatic amines is 1. The zero-order chi connectivity index (χ0) is 26.8. The summed E-state index contributed by atoms with van der Waals surface area (Å²) in [6, 6.07) is -2.81. The average molecular weight is 512 g/mol. The highest BCUT2D eigenvalue weighted by atomic mass is 16.4. The zero-order valence-corrected chi connectivity index (χ0v) is 19.7. The van der Waals surface area contributed by atoms with Gasteiger partial charge in [0.15, 0.2) is 5.96 Å². The molecular weight excluding hydrogens is 478 g/mol. The largest absolute Gasteiger partial charge is 0.493 e. The summed E-state index contributed by atoms with van der Waals surface area (Å²) in [5.41, 5.74) is 9.82. The van der Waals surface area contributed by atoms with E-state index in [-0.39, 0.29) is 30.5 Å². The van der Waals surface area contributed by atoms with Crippen LogP contribution in [0.25, 0.3) is 0 Å². The number of carboxylic acids is 2. The molecule has 2 amide bonds. The number of aliphatic imine (C=N–C) groups is 1. The highest BCUT2D eigenvalue weighted by Crippen LogP contribution is 2.26. The number of hydrogen-bond acceptors (Lipinski definition) is 7. The van der Waals surface area contributed by atoms with E-state index in [9.17, 15) is 39.3 Å². The Morgan fingerprint density at radius 2 is 1.78 bits per heavy atom. The van der Waals surface area contributed by atoms with Crippen molar-refractivity contribution in [2.24, 2.45) is 22.4 Å². The van der Waals surface area contributed by atoms with Crippen molar-refractivity contribution in [1.29, 1.82) is 0 Å². The number of imidazole rings is 1. The maximum absolute atomic E-state index is 12.8. The maximum atomic E-state index is 12.8. The summed E-state index contributed by atoms with van der Waals surface area (Å²) in [6.07, 6.45) is 3.62. The fourth-order valence-corrected chi connectivity index (χ4v) is 4.17. The number of nitrogens with two attached hydrogens (primary N) is 2. The molecular formula is C21H33N7O8. The lowest BCUT2D eigenvalue weighted by atomic mass is 9.83. The van der Waals surface area contributed by atoms with Gasteiger partial charge in [-0.1, -0.05) is 19.3 Å². The number of amides is 2. The van der Waals surface area contributed by atoms with Crippen molar-refractivity contribution in [3.8, 4) is 5.88 Å². The molecule has 1 heterocycles. The topological polar surface area (TPSA) is 255 Å². The van der Waals surface area contributed by atoms with Crippen LogP contribution < -0.4 is 27.8 Å². The molecule has 0 aliphatic heterocycles. The van der Waals surface area contributed by atoms with Crippen molar-refractivity contribution in [2.45, 2.75) is 70.0 Å². The Bertz CT molecular complexity index is 1040. The molecule has 2 atom stereocenters. The summed E-state index contributed by atoms with van der Waals surface area (Å²) in [6.45, 7) is -0.455. The highest BCUT2D eigenvalue weighted by Gasteiger charge is 2.34. The van der Waals surface area contributed by atoms with Gasteiger partial charge in [-0.3, -0.25) is 23.9 Å². The lowest BCUT2D eigenvalue weighted by Gasteiger charge is -2.29. The van der Waals surface area contributed by atoms with Gasteiger partial charge in [0.1, 0.15) is 18.6 Å². The van der Waals surface area contributed by atoms with Crippen LogP contribution in [0.15, 0.2) is 9.79 Å². The predicted molar refractivity (Wildman–Crippen MR) is 126 cm³/mol. The number of nitrogens with one attached hydrogen (secondary N) is 3. The number of hydrogen-bond donors (Lipinski definition) is 8. The molecule has 0 saturated heterocycles. The third-order valence-corrected chi connectivity index (χ3v) is 5.93. The number of guanidine groups is 1. The van der Waals surface area contributed by atoms with Crippen molar-refractivity contribution in [1.82, 2.24) is 20.2 Å². The van der Waals surface area contributed by atoms with Crippen LogP contribution in [0.5, 0.6) is 5.88 Å². The van der Waals surface area contributed by atoms with Crippen LogP contribution in [0.3, 0.4) is 0 Å². The van der Waals surface area contributed by atoms with Crippen LogP contribution >= 0.6 is 0 Å². The van der Waals surface area contributed by atoms with Gasteiger partial charge in [0, 0.05) is 6.54 Å². The minimum Gasteiger partial charge on any atom is -0.493 e. The van der Waals surface area contributed by atoms with E-state index in [1.807, 2.05) is 0 Å². The number of rotatable bonds is 13. The normalized spacial score (nSPS) is 15.4. The van der Waals surface area contributed by atoms with E-state index < -0.39 is 60.4 Å². The molecule has 1 saturated carbocycles. The van der Waals surface area contributed by atoms with E-state index in [4.69, 9.17) is 11.5 Å². The van der Waals surface area contributed by atoms with Crippen LogP contribution in [-0.2, 0) is 32.1 Å². The minimum absolute atomic E-state index is 0.102. The second-order valence-corrected chi connectivity index (χ2v) is 8.67. The molecule has 1 aromatic rings. The predicted octanol–water partition coefficient (Wildman–Crippen LogP) is -1.80. The molecule has 0 bridgehead atoms. The quantitative estimate of drug-likeness (QED) is 0.0836. The Hall–Kier alpha value is -4.04. The third kappa shape index (κ3) is 8.32. The first kappa shape index (κ1) is 28.2. The average Bonchev–Trinajstić information content (AvgIpc) is 3.07. The summed E-state index contributed by atoms with van der Waals surface area (Å²) in [5.74, 6) is -5.43. The van der Waals surface area contributed by atoms with Gasteiger partial charge in [0.05, 0.1) is 12.1 Å². The van der Waals surface area contributed by atoms with Crippen LogP contribution in [0.2, 0.25) is 0 Å². The molecule has 0 aromatic carbocycles. The van der Waals surface area contributed by atoms with Crippen LogP contribution in [0, 0.1) is 5.92 Å². The maximum Gasteiger partial charge on any atom is 0.329 e. The molecule has 1 fully saturated rings. The van der Waals surface area contributed by atoms with Gasteiger partial charge in [-0.2, -0.15) is 0 Å². The molecule has 200 valence electrons. The van der Waals surface area contributed by atoms with E-state index >= 15 is 0 Å². The van der Waals surface area contributed by atoms with E-state index in [2.05, 4.69) is 20.6 Å². The monoisotopic (exact) mass is 511 g/mol. The van der Waals surface area contributed by atoms with Gasteiger partial charge in [0.2, 0.25) is 17.7 Å². The second-order valence-electron chi connectivity index (χ2n) is 8.67. The first-order chi connectivity index (χ1) is 17.0. The summed E-state index contributed by atoms with van der Waals surface area (Å²) in [7, 11) is 0. The Kier molecular flexibility index (Phi) is 10.3. The van der Waals surface area contributed by atoms with E-state index in [1.165, 1.54) is 0 Å². The van der Waals surface area contributed by atoms with Gasteiger partial charge >= 0.3 is 17.6 Å². The zero-order valence-electron chi connectivity index (χ0n) is 19.7. The number of aromatic nitrogens is 2. The molecule has 10 N–H and O–H groups in total. The SMILES string of the molecule is NC(N)=NCCCc1[nH]c(=O)n(CC(=O)N[C@@H](CC(=O)O)C(=O)N[C@H](C(=O)O)C2CCCCC2)c1O. The number of aromatic hydroxyl groups is 1. The summed E-state index contributed by atoms with van der Waals surface area (Å²) >= 11 is 0. The van der Waals surface area contributed by atoms with Crippen LogP contribution in [0.4, 0.5) is 0 Å². The number of nitrogens with zero attached hydrogens (tertiary/aromatic N) is 2. The van der Waals surface area contributed by atoms with Crippen molar-refractivity contribution in [3.05, 3.63) is 16.2 Å². The van der Waals surface area contributed by atoms with E-state index in [1.54, 1.807) is 0 Å². The second kappa shape index (κ2) is 13.2. The van der Waals surface area contributed by atoms with Crippen LogP contribution in [-0.4, -0.2) is 73.2 Å². The molecule has 2 rings (SSSR count). The van der Waals surface area contributed by atoms with Gasteiger partial charge in [-0.15, -0.1) is 0 Å². The smallest absolute Gasteiger partial charge is 0.329 e. The molecule has 1 aliphatic rings. The van der Waals surface area contributed by atoms with E-state index in [0.29, 0.717) is 19.3 Å². The lowest BCUT2D eigenvalue weighted by Crippen LogP contribution is -2.55. The number of H-pyrrole nitrogens is 1. The van der Waals surface area contributed by atoms with Crippen LogP contribution in [0.1, 0.15) is 50.6 Å². The summed E-state index contributed by atoms with van der Waals surface area (Å²) < 4.78 is 0.725. The molecule has 0 unspecified atom stereocenters. The number of aryl methyl sites for hydroxylation is 1. The Morgan fingerprint density at radius 1 is 1.11 bits per heavy atom. The molecule has 15 nitrogen and oxygen atoms in total. The molecule has 0 spiro atoms. The Labute approximate surface area is 205 Å². The van der Waals surface area contributed by atoms with Crippen molar-refractivity contribution >= 4 is 29.7 Å². The van der Waals surface area contributed by atoms with Crippen molar-refractivity contribution in [3.63, 3.8) is 0 Å². The number of carbonyl (C=O) groups is 4. The Morgan fingerprint density at radius 3 is 2.36 bits per heavy atom. The molecule has 15 heteroatoms. The van der Waals surface area contributed by atoms with Gasteiger partial charge < -0.3 is 42.4 Å². The van der Waals surface area contributed by atoms with E-state index in [0.717, 1.165) is 23.8 Å².